The fraction of sp³-hybridized carbons (Fsp3) is 0.926. The van der Waals surface area contributed by atoms with Crippen molar-refractivity contribution in [3.8, 4) is 0 Å². The first-order valence-corrected chi connectivity index (χ1v) is 15.4. The van der Waals surface area contributed by atoms with E-state index in [0.29, 0.717) is 24.2 Å². The second kappa shape index (κ2) is 22.9. The third-order valence-corrected chi connectivity index (χ3v) is 6.86. The van der Waals surface area contributed by atoms with Crippen LogP contribution in [-0.4, -0.2) is 76.7 Å². The Kier molecular flexibility index (Phi) is 22.7. The van der Waals surface area contributed by atoms with E-state index in [9.17, 15) is 9.46 Å². The molecule has 0 rings (SSSR count). The average Bonchev–Trinajstić information content (AvgIpc) is 2.79. The molecule has 210 valence electrons. The van der Waals surface area contributed by atoms with Crippen LogP contribution in [0.15, 0.2) is 12.2 Å². The molecule has 0 aromatic heterocycles. The summed E-state index contributed by atoms with van der Waals surface area (Å²) in [6.45, 7) is 3.99. The lowest BCUT2D eigenvalue weighted by molar-refractivity contribution is -0.870. The van der Waals surface area contributed by atoms with E-state index in [-0.39, 0.29) is 13.2 Å². The minimum absolute atomic E-state index is 0.0396. The average molecular weight is 523 g/mol. The Morgan fingerprint density at radius 2 is 1.31 bits per heavy atom. The van der Waals surface area contributed by atoms with Gasteiger partial charge in [0, 0.05) is 13.7 Å². The lowest BCUT2D eigenvalue weighted by Gasteiger charge is -2.24. The molecule has 0 heterocycles. The maximum absolute atomic E-state index is 12.0. The highest BCUT2D eigenvalue weighted by atomic mass is 31.2. The number of quaternary nitrogens is 1. The van der Waals surface area contributed by atoms with Gasteiger partial charge < -0.3 is 18.9 Å². The minimum Gasteiger partial charge on any atom is -0.379 e. The lowest BCUT2D eigenvalue weighted by atomic mass is 10.1. The predicted molar refractivity (Wildman–Crippen MR) is 146 cm³/mol. The minimum atomic E-state index is -4.07. The van der Waals surface area contributed by atoms with Crippen molar-refractivity contribution in [1.82, 2.24) is 0 Å². The van der Waals surface area contributed by atoms with E-state index < -0.39 is 13.9 Å². The van der Waals surface area contributed by atoms with Gasteiger partial charge in [-0.05, 0) is 32.1 Å². The summed E-state index contributed by atoms with van der Waals surface area (Å²) in [6, 6.07) is 0. The zero-order valence-corrected chi connectivity index (χ0v) is 24.4. The fourth-order valence-electron chi connectivity index (χ4n) is 3.50. The largest absolute Gasteiger partial charge is 0.472 e. The van der Waals surface area contributed by atoms with Gasteiger partial charge in [-0.1, -0.05) is 76.9 Å². The van der Waals surface area contributed by atoms with Gasteiger partial charge >= 0.3 is 7.82 Å². The number of hydrogen-bond donors (Lipinski definition) is 1. The Hall–Kier alpha value is -0.270. The molecule has 35 heavy (non-hydrogen) atoms. The Morgan fingerprint density at radius 3 is 1.86 bits per heavy atom. The highest BCUT2D eigenvalue weighted by Crippen LogP contribution is 2.43. The molecule has 2 unspecified atom stereocenters. The molecule has 0 amide bonds. The normalized spacial score (nSPS) is 15.0. The van der Waals surface area contributed by atoms with E-state index in [2.05, 4.69) is 19.1 Å². The summed E-state index contributed by atoms with van der Waals surface area (Å²) >= 11 is 0. The first-order chi connectivity index (χ1) is 16.7. The molecule has 0 bridgehead atoms. The standard InChI is InChI=1S/C27H56NO6P/c1-6-7-8-9-10-11-12-13-14-15-16-17-18-19-20-21-23-32-25-27(31-5)26-34-35(29,30)33-24-22-28(2,3)4/h13-14,27H,6-12,15-26H2,1-5H3/p+1. The topological polar surface area (TPSA) is 74.2 Å². The SMILES string of the molecule is CCCCCCCCC=CCCCCCCCCOCC(COP(=O)(O)OCC[N+](C)(C)C)OC. The molecule has 0 aliphatic carbocycles. The number of phosphoric ester groups is 1. The Bertz CT molecular complexity index is 538. The summed E-state index contributed by atoms with van der Waals surface area (Å²) in [5.41, 5.74) is 0. The van der Waals surface area contributed by atoms with Crippen LogP contribution in [0.5, 0.6) is 0 Å². The number of allylic oxidation sites excluding steroid dienone is 2. The third kappa shape index (κ3) is 26.6. The smallest absolute Gasteiger partial charge is 0.379 e. The van der Waals surface area contributed by atoms with E-state index in [0.717, 1.165) is 12.8 Å². The molecule has 0 radical (unpaired) electrons. The van der Waals surface area contributed by atoms with Crippen molar-refractivity contribution in [3.63, 3.8) is 0 Å². The van der Waals surface area contributed by atoms with Crippen LogP contribution in [-0.2, 0) is 23.1 Å². The van der Waals surface area contributed by atoms with Gasteiger partial charge in [0.1, 0.15) is 19.3 Å². The Morgan fingerprint density at radius 1 is 0.771 bits per heavy atom. The first-order valence-electron chi connectivity index (χ1n) is 13.9. The van der Waals surface area contributed by atoms with Crippen LogP contribution < -0.4 is 0 Å². The molecule has 7 nitrogen and oxygen atoms in total. The van der Waals surface area contributed by atoms with Crippen LogP contribution >= 0.6 is 7.82 Å². The van der Waals surface area contributed by atoms with Gasteiger partial charge in [-0.2, -0.15) is 0 Å². The highest BCUT2D eigenvalue weighted by molar-refractivity contribution is 7.47. The summed E-state index contributed by atoms with van der Waals surface area (Å²) in [7, 11) is 3.43. The molecule has 0 aliphatic heterocycles. The molecule has 0 saturated carbocycles. The number of unbranched alkanes of at least 4 members (excludes halogenated alkanes) is 12. The van der Waals surface area contributed by atoms with Crippen molar-refractivity contribution in [2.75, 3.05) is 61.2 Å². The van der Waals surface area contributed by atoms with E-state index >= 15 is 0 Å². The van der Waals surface area contributed by atoms with E-state index in [4.69, 9.17) is 18.5 Å². The third-order valence-electron chi connectivity index (χ3n) is 5.88. The molecular formula is C27H57NO6P+. The summed E-state index contributed by atoms with van der Waals surface area (Å²) < 4.78 is 33.6. The summed E-state index contributed by atoms with van der Waals surface area (Å²) in [6.07, 6.45) is 22.3. The number of likely N-dealkylation sites (N-methyl/N-ethyl adjacent to an activating group) is 1. The van der Waals surface area contributed by atoms with Crippen molar-refractivity contribution < 1.29 is 32.5 Å². The maximum Gasteiger partial charge on any atom is 0.472 e. The monoisotopic (exact) mass is 522 g/mol. The quantitative estimate of drug-likeness (QED) is 0.0577. The number of rotatable bonds is 26. The van der Waals surface area contributed by atoms with Gasteiger partial charge in [-0.15, -0.1) is 0 Å². The molecule has 0 aliphatic rings. The molecule has 1 N–H and O–H groups in total. The van der Waals surface area contributed by atoms with Gasteiger partial charge in [0.15, 0.2) is 0 Å². The van der Waals surface area contributed by atoms with Crippen LogP contribution in [0.1, 0.15) is 96.8 Å². The number of nitrogens with zero attached hydrogens (tertiary/aromatic N) is 1. The van der Waals surface area contributed by atoms with Crippen LogP contribution in [0.2, 0.25) is 0 Å². The molecule has 8 heteroatoms. The fourth-order valence-corrected chi connectivity index (χ4v) is 4.24. The van der Waals surface area contributed by atoms with Crippen LogP contribution in [0.4, 0.5) is 0 Å². The van der Waals surface area contributed by atoms with Gasteiger partial charge in [-0.25, -0.2) is 4.57 Å². The molecule has 0 aromatic carbocycles. The van der Waals surface area contributed by atoms with Crippen LogP contribution in [0.25, 0.3) is 0 Å². The van der Waals surface area contributed by atoms with Gasteiger partial charge in [0.05, 0.1) is 34.4 Å². The number of methoxy groups -OCH3 is 1. The maximum atomic E-state index is 12.0. The molecular weight excluding hydrogens is 465 g/mol. The van der Waals surface area contributed by atoms with E-state index in [1.54, 1.807) is 7.11 Å². The van der Waals surface area contributed by atoms with Crippen molar-refractivity contribution in [2.45, 2.75) is 103 Å². The zero-order chi connectivity index (χ0) is 26.3. The predicted octanol–water partition coefficient (Wildman–Crippen LogP) is 6.90. The number of ether oxygens (including phenoxy) is 2. The number of hydrogen-bond acceptors (Lipinski definition) is 5. The van der Waals surface area contributed by atoms with E-state index in [1.165, 1.54) is 77.0 Å². The first kappa shape index (κ1) is 34.7. The molecule has 0 saturated heterocycles. The number of phosphoric acid groups is 1. The second-order valence-corrected chi connectivity index (χ2v) is 11.9. The highest BCUT2D eigenvalue weighted by Gasteiger charge is 2.24. The Labute approximate surface area is 216 Å². The van der Waals surface area contributed by atoms with Crippen molar-refractivity contribution in [2.24, 2.45) is 0 Å². The Balaban J connectivity index is 3.55. The van der Waals surface area contributed by atoms with Gasteiger partial charge in [0.2, 0.25) is 0 Å². The van der Waals surface area contributed by atoms with Gasteiger partial charge in [-0.3, -0.25) is 9.05 Å². The van der Waals surface area contributed by atoms with Crippen molar-refractivity contribution in [3.05, 3.63) is 12.2 Å². The lowest BCUT2D eigenvalue weighted by Crippen LogP contribution is -2.37. The summed E-state index contributed by atoms with van der Waals surface area (Å²) in [5.74, 6) is 0. The molecule has 0 spiro atoms. The molecule has 0 fully saturated rings. The summed E-state index contributed by atoms with van der Waals surface area (Å²) in [5, 5.41) is 0. The molecule has 2 atom stereocenters. The van der Waals surface area contributed by atoms with Crippen molar-refractivity contribution >= 4 is 7.82 Å². The summed E-state index contributed by atoms with van der Waals surface area (Å²) in [4.78, 5) is 9.79. The molecule has 0 aromatic rings. The van der Waals surface area contributed by atoms with Crippen molar-refractivity contribution in [1.29, 1.82) is 0 Å². The van der Waals surface area contributed by atoms with E-state index in [1.807, 2.05) is 21.1 Å². The zero-order valence-electron chi connectivity index (χ0n) is 23.5. The van der Waals surface area contributed by atoms with Crippen LogP contribution in [0, 0.1) is 0 Å². The van der Waals surface area contributed by atoms with Gasteiger partial charge in [0.25, 0.3) is 0 Å². The van der Waals surface area contributed by atoms with Crippen LogP contribution in [0.3, 0.4) is 0 Å². The second-order valence-electron chi connectivity index (χ2n) is 10.5.